The van der Waals surface area contributed by atoms with Crippen molar-refractivity contribution in [1.82, 2.24) is 9.78 Å². The largest absolute Gasteiger partial charge is 0.476 e. The van der Waals surface area contributed by atoms with Crippen molar-refractivity contribution in [2.24, 2.45) is 5.92 Å². The normalized spacial score (nSPS) is 17.6. The molecule has 0 bridgehead atoms. The van der Waals surface area contributed by atoms with Gasteiger partial charge in [-0.15, -0.1) is 0 Å². The van der Waals surface area contributed by atoms with Crippen molar-refractivity contribution in [3.63, 3.8) is 0 Å². The molecule has 2 aromatic rings. The summed E-state index contributed by atoms with van der Waals surface area (Å²) in [5.41, 5.74) is 2.49. The first-order valence-electron chi connectivity index (χ1n) is 6.77. The third-order valence-corrected chi connectivity index (χ3v) is 4.41. The number of carboxylic acids is 1. The van der Waals surface area contributed by atoms with Crippen LogP contribution in [0.5, 0.6) is 0 Å². The molecule has 21 heavy (non-hydrogen) atoms. The quantitative estimate of drug-likeness (QED) is 0.908. The molecule has 1 atom stereocenters. The van der Waals surface area contributed by atoms with Gasteiger partial charge in [0.15, 0.2) is 5.69 Å². The lowest BCUT2D eigenvalue weighted by Gasteiger charge is -2.20. The Morgan fingerprint density at radius 1 is 1.43 bits per heavy atom. The van der Waals surface area contributed by atoms with Crippen LogP contribution in [0.25, 0.3) is 5.69 Å². The number of fused-ring (bicyclic) bond motifs is 1. The van der Waals surface area contributed by atoms with Crippen molar-refractivity contribution < 1.29 is 9.90 Å². The number of nitrogens with zero attached hydrogens (tertiary/aromatic N) is 2. The molecule has 1 aromatic heterocycles. The number of halogens is 2. The fraction of sp³-hybridized carbons (Fsp3) is 0.333. The van der Waals surface area contributed by atoms with E-state index >= 15 is 0 Å². The van der Waals surface area contributed by atoms with Crippen LogP contribution >= 0.6 is 23.2 Å². The molecule has 0 aliphatic heterocycles. The van der Waals surface area contributed by atoms with E-state index in [9.17, 15) is 9.90 Å². The summed E-state index contributed by atoms with van der Waals surface area (Å²) in [6.45, 7) is 2.12. The first kappa shape index (κ1) is 14.4. The number of hydrogen-bond donors (Lipinski definition) is 1. The summed E-state index contributed by atoms with van der Waals surface area (Å²) in [5.74, 6) is -0.541. The monoisotopic (exact) mass is 324 g/mol. The molecule has 1 aliphatic carbocycles. The van der Waals surface area contributed by atoms with Gasteiger partial charge >= 0.3 is 5.97 Å². The SMILES string of the molecule is CC1CCc2c(c(C(=O)O)nn2-c2cc(Cl)ccc2Cl)C1. The molecule has 0 saturated carbocycles. The van der Waals surface area contributed by atoms with E-state index in [-0.39, 0.29) is 5.69 Å². The Labute approximate surface area is 132 Å². The van der Waals surface area contributed by atoms with Gasteiger partial charge in [0.1, 0.15) is 0 Å². The lowest BCUT2D eigenvalue weighted by atomic mass is 9.87. The second-order valence-electron chi connectivity index (χ2n) is 5.43. The van der Waals surface area contributed by atoms with E-state index in [1.165, 1.54) is 0 Å². The third kappa shape index (κ3) is 2.54. The Bertz CT molecular complexity index is 725. The zero-order chi connectivity index (χ0) is 15.1. The molecule has 3 rings (SSSR count). The molecular weight excluding hydrogens is 311 g/mol. The fourth-order valence-electron chi connectivity index (χ4n) is 2.81. The first-order valence-corrected chi connectivity index (χ1v) is 7.52. The maximum atomic E-state index is 11.4. The number of rotatable bonds is 2. The van der Waals surface area contributed by atoms with Crippen LogP contribution in [-0.2, 0) is 12.8 Å². The van der Waals surface area contributed by atoms with Gasteiger partial charge in [-0.05, 0) is 43.4 Å². The predicted octanol–water partition coefficient (Wildman–Crippen LogP) is 4.00. The first-order chi connectivity index (χ1) is 9.97. The van der Waals surface area contributed by atoms with Crippen LogP contribution in [0.15, 0.2) is 18.2 Å². The average molecular weight is 325 g/mol. The van der Waals surface area contributed by atoms with Crippen molar-refractivity contribution in [2.75, 3.05) is 0 Å². The minimum Gasteiger partial charge on any atom is -0.476 e. The molecule has 0 fully saturated rings. The minimum absolute atomic E-state index is 0.118. The molecule has 1 aliphatic rings. The van der Waals surface area contributed by atoms with Crippen molar-refractivity contribution in [3.8, 4) is 5.69 Å². The molecular formula is C15H14Cl2N2O2. The highest BCUT2D eigenvalue weighted by atomic mass is 35.5. The number of carbonyl (C=O) groups is 1. The predicted molar refractivity (Wildman–Crippen MR) is 81.7 cm³/mol. The van der Waals surface area contributed by atoms with Gasteiger partial charge in [-0.3, -0.25) is 0 Å². The Morgan fingerprint density at radius 2 is 2.19 bits per heavy atom. The van der Waals surface area contributed by atoms with Gasteiger partial charge in [-0.25, -0.2) is 9.48 Å². The van der Waals surface area contributed by atoms with Crippen molar-refractivity contribution in [2.45, 2.75) is 26.2 Å². The Morgan fingerprint density at radius 3 is 2.90 bits per heavy atom. The molecule has 1 unspecified atom stereocenters. The van der Waals surface area contributed by atoms with Crippen molar-refractivity contribution in [1.29, 1.82) is 0 Å². The molecule has 0 saturated heterocycles. The summed E-state index contributed by atoms with van der Waals surface area (Å²) < 4.78 is 1.64. The molecule has 4 nitrogen and oxygen atoms in total. The van der Waals surface area contributed by atoms with Gasteiger partial charge in [0.2, 0.25) is 0 Å². The van der Waals surface area contributed by atoms with Gasteiger partial charge in [-0.2, -0.15) is 5.10 Å². The molecule has 1 N–H and O–H groups in total. The highest BCUT2D eigenvalue weighted by Crippen LogP contribution is 2.32. The zero-order valence-corrected chi connectivity index (χ0v) is 12.9. The average Bonchev–Trinajstić information content (AvgIpc) is 2.80. The maximum absolute atomic E-state index is 11.4. The number of benzene rings is 1. The molecule has 110 valence electrons. The molecule has 1 heterocycles. The van der Waals surface area contributed by atoms with Crippen LogP contribution in [-0.4, -0.2) is 20.9 Å². The lowest BCUT2D eigenvalue weighted by Crippen LogP contribution is -2.14. The molecule has 1 aromatic carbocycles. The molecule has 6 heteroatoms. The van der Waals surface area contributed by atoms with Crippen LogP contribution in [0, 0.1) is 5.92 Å². The summed E-state index contributed by atoms with van der Waals surface area (Å²) >= 11 is 12.3. The standard InChI is InChI=1S/C15H14Cl2N2O2/c1-8-2-5-12-10(6-8)14(15(20)21)18-19(12)13-7-9(16)3-4-11(13)17/h3-4,7-8H,2,5-6H2,1H3,(H,20,21). The Balaban J connectivity index is 2.22. The van der Waals surface area contributed by atoms with Gasteiger partial charge < -0.3 is 5.11 Å². The van der Waals surface area contributed by atoms with Crippen molar-refractivity contribution in [3.05, 3.63) is 45.2 Å². The summed E-state index contributed by atoms with van der Waals surface area (Å²) in [4.78, 5) is 11.4. The number of hydrogen-bond acceptors (Lipinski definition) is 2. The van der Waals surface area contributed by atoms with Crippen LogP contribution in [0.1, 0.15) is 35.1 Å². The van der Waals surface area contributed by atoms with E-state index in [0.717, 1.165) is 30.5 Å². The summed E-state index contributed by atoms with van der Waals surface area (Å²) in [6, 6.07) is 5.10. The summed E-state index contributed by atoms with van der Waals surface area (Å²) in [7, 11) is 0. The van der Waals surface area contributed by atoms with Crippen LogP contribution in [0.2, 0.25) is 10.0 Å². The van der Waals surface area contributed by atoms with Gasteiger partial charge in [0.05, 0.1) is 10.7 Å². The van der Waals surface area contributed by atoms with Gasteiger partial charge in [0, 0.05) is 16.3 Å². The van der Waals surface area contributed by atoms with E-state index in [2.05, 4.69) is 12.0 Å². The van der Waals surface area contributed by atoms with Crippen molar-refractivity contribution >= 4 is 29.2 Å². The molecule has 0 radical (unpaired) electrons. The molecule has 0 spiro atoms. The minimum atomic E-state index is -1.00. The molecule has 0 amide bonds. The second-order valence-corrected chi connectivity index (χ2v) is 6.28. The topological polar surface area (TPSA) is 55.1 Å². The number of aromatic carboxylic acids is 1. The smallest absolute Gasteiger partial charge is 0.356 e. The van der Waals surface area contributed by atoms with E-state index in [1.807, 2.05) is 0 Å². The Kier molecular flexibility index (Phi) is 3.68. The van der Waals surface area contributed by atoms with Crippen LogP contribution < -0.4 is 0 Å². The number of aromatic nitrogens is 2. The van der Waals surface area contributed by atoms with E-state index < -0.39 is 5.97 Å². The maximum Gasteiger partial charge on any atom is 0.356 e. The van der Waals surface area contributed by atoms with Gasteiger partial charge in [0.25, 0.3) is 0 Å². The highest BCUT2D eigenvalue weighted by molar-refractivity contribution is 6.34. The highest BCUT2D eigenvalue weighted by Gasteiger charge is 2.28. The van der Waals surface area contributed by atoms with E-state index in [1.54, 1.807) is 22.9 Å². The third-order valence-electron chi connectivity index (χ3n) is 3.86. The number of carboxylic acid groups (broad SMARTS) is 1. The Hall–Kier alpha value is -1.52. The van der Waals surface area contributed by atoms with Crippen LogP contribution in [0.3, 0.4) is 0 Å². The fourth-order valence-corrected chi connectivity index (χ4v) is 3.17. The lowest BCUT2D eigenvalue weighted by molar-refractivity contribution is 0.0688. The van der Waals surface area contributed by atoms with Gasteiger partial charge in [-0.1, -0.05) is 30.1 Å². The zero-order valence-electron chi connectivity index (χ0n) is 11.4. The van der Waals surface area contributed by atoms with E-state index in [0.29, 0.717) is 21.7 Å². The van der Waals surface area contributed by atoms with Crippen LogP contribution in [0.4, 0.5) is 0 Å². The summed E-state index contributed by atoms with van der Waals surface area (Å²) in [6.07, 6.45) is 2.53. The second kappa shape index (κ2) is 5.35. The van der Waals surface area contributed by atoms with E-state index in [4.69, 9.17) is 23.2 Å². The summed E-state index contributed by atoms with van der Waals surface area (Å²) in [5, 5.41) is 14.7.